The lowest BCUT2D eigenvalue weighted by molar-refractivity contribution is -0.226. The second kappa shape index (κ2) is 6.22. The number of nitrogens with zero attached hydrogens (tertiary/aromatic N) is 1. The van der Waals surface area contributed by atoms with Gasteiger partial charge in [-0.25, -0.2) is 0 Å². The van der Waals surface area contributed by atoms with Crippen LogP contribution in [0.3, 0.4) is 0 Å². The molecular weight excluding hydrogens is 348 g/mol. The lowest BCUT2D eigenvalue weighted by atomic mass is 9.88. The van der Waals surface area contributed by atoms with Gasteiger partial charge in [-0.15, -0.1) is 0 Å². The Bertz CT molecular complexity index is 563. The monoisotopic (exact) mass is 359 g/mol. The molecule has 23 heavy (non-hydrogen) atoms. The van der Waals surface area contributed by atoms with Crippen molar-refractivity contribution in [3.8, 4) is 0 Å². The van der Waals surface area contributed by atoms with E-state index in [1.807, 2.05) is 0 Å². The van der Waals surface area contributed by atoms with Gasteiger partial charge in [-0.05, 0) is 18.6 Å². The first-order chi connectivity index (χ1) is 10.5. The lowest BCUT2D eigenvalue weighted by Gasteiger charge is -2.39. The van der Waals surface area contributed by atoms with Crippen molar-refractivity contribution in [2.24, 2.45) is 11.8 Å². The van der Waals surface area contributed by atoms with E-state index in [4.69, 9.17) is 11.6 Å². The van der Waals surface area contributed by atoms with Crippen LogP contribution in [0.1, 0.15) is 16.8 Å². The van der Waals surface area contributed by atoms with Gasteiger partial charge >= 0.3 is 12.4 Å². The minimum absolute atomic E-state index is 0.0183. The molecule has 128 valence electrons. The van der Waals surface area contributed by atoms with Gasteiger partial charge < -0.3 is 4.90 Å². The summed E-state index contributed by atoms with van der Waals surface area (Å²) < 4.78 is 77.3. The molecule has 1 heterocycles. The molecule has 0 saturated carbocycles. The highest BCUT2D eigenvalue weighted by molar-refractivity contribution is 6.33. The summed E-state index contributed by atoms with van der Waals surface area (Å²) in [6.07, 6.45) is -10.7. The Morgan fingerprint density at radius 3 is 1.91 bits per heavy atom. The van der Waals surface area contributed by atoms with Gasteiger partial charge in [0, 0.05) is 13.1 Å². The summed E-state index contributed by atoms with van der Waals surface area (Å²) in [5, 5.41) is -0.0183. The summed E-state index contributed by atoms with van der Waals surface area (Å²) in [5.74, 6) is -5.36. The number of alkyl halides is 6. The van der Waals surface area contributed by atoms with Crippen LogP contribution in [-0.4, -0.2) is 36.2 Å². The number of carbonyl (C=O) groups is 1. The van der Waals surface area contributed by atoms with Crippen LogP contribution >= 0.6 is 11.6 Å². The van der Waals surface area contributed by atoms with Gasteiger partial charge in [0.2, 0.25) is 0 Å². The van der Waals surface area contributed by atoms with Gasteiger partial charge in [0.15, 0.2) is 0 Å². The topological polar surface area (TPSA) is 20.3 Å². The molecule has 2 nitrogen and oxygen atoms in total. The van der Waals surface area contributed by atoms with Crippen molar-refractivity contribution < 1.29 is 31.1 Å². The highest BCUT2D eigenvalue weighted by atomic mass is 35.5. The number of hydrogen-bond donors (Lipinski definition) is 0. The molecule has 1 saturated heterocycles. The summed E-state index contributed by atoms with van der Waals surface area (Å²) in [4.78, 5) is 12.9. The van der Waals surface area contributed by atoms with E-state index >= 15 is 0 Å². The first kappa shape index (κ1) is 17.9. The molecule has 0 N–H and O–H groups in total. The molecule has 1 aromatic rings. The molecule has 1 aliphatic heterocycles. The molecule has 0 aromatic heterocycles. The van der Waals surface area contributed by atoms with Gasteiger partial charge in [0.25, 0.3) is 5.91 Å². The van der Waals surface area contributed by atoms with E-state index in [0.717, 1.165) is 0 Å². The second-order valence-electron chi connectivity index (χ2n) is 5.40. The maximum absolute atomic E-state index is 12.9. The van der Waals surface area contributed by atoms with Gasteiger partial charge in [-0.2, -0.15) is 26.3 Å². The van der Waals surface area contributed by atoms with Crippen LogP contribution in [-0.2, 0) is 0 Å². The third-order valence-electron chi connectivity index (χ3n) is 3.77. The van der Waals surface area contributed by atoms with Crippen molar-refractivity contribution in [3.63, 3.8) is 0 Å². The van der Waals surface area contributed by atoms with Gasteiger partial charge in [0.05, 0.1) is 22.4 Å². The quantitative estimate of drug-likeness (QED) is 0.674. The SMILES string of the molecule is O=C(c1ccccc1Cl)N1CC(C(F)(F)F)CC(C(F)(F)F)C1. The Labute approximate surface area is 133 Å². The maximum Gasteiger partial charge on any atom is 0.393 e. The highest BCUT2D eigenvalue weighted by Crippen LogP contribution is 2.41. The van der Waals surface area contributed by atoms with Gasteiger partial charge in [-0.1, -0.05) is 23.7 Å². The molecule has 2 unspecified atom stereocenters. The van der Waals surface area contributed by atoms with Gasteiger partial charge in [0.1, 0.15) is 0 Å². The average Bonchev–Trinajstić information content (AvgIpc) is 2.45. The van der Waals surface area contributed by atoms with E-state index in [1.165, 1.54) is 24.3 Å². The largest absolute Gasteiger partial charge is 0.393 e. The molecule has 0 spiro atoms. The molecule has 1 amide bonds. The third-order valence-corrected chi connectivity index (χ3v) is 4.10. The van der Waals surface area contributed by atoms with Crippen LogP contribution in [0.5, 0.6) is 0 Å². The summed E-state index contributed by atoms with van der Waals surface area (Å²) in [5.41, 5.74) is -0.113. The van der Waals surface area contributed by atoms with E-state index < -0.39 is 49.6 Å². The molecule has 9 heteroatoms. The van der Waals surface area contributed by atoms with E-state index in [-0.39, 0.29) is 10.6 Å². The van der Waals surface area contributed by atoms with Gasteiger partial charge in [-0.3, -0.25) is 4.79 Å². The van der Waals surface area contributed by atoms with Crippen LogP contribution < -0.4 is 0 Å². The predicted molar refractivity (Wildman–Crippen MR) is 71.1 cm³/mol. The van der Waals surface area contributed by atoms with Crippen LogP contribution in [0.4, 0.5) is 26.3 Å². The van der Waals surface area contributed by atoms with Crippen molar-refractivity contribution >= 4 is 17.5 Å². The number of piperidine rings is 1. The molecule has 1 fully saturated rings. The molecule has 1 aliphatic rings. The van der Waals surface area contributed by atoms with E-state index in [1.54, 1.807) is 0 Å². The van der Waals surface area contributed by atoms with Crippen molar-refractivity contribution in [1.82, 2.24) is 4.90 Å². The number of likely N-dealkylation sites (tertiary alicyclic amines) is 1. The normalized spacial score (nSPS) is 23.0. The van der Waals surface area contributed by atoms with E-state index in [0.29, 0.717) is 4.90 Å². The Kier molecular flexibility index (Phi) is 4.84. The highest BCUT2D eigenvalue weighted by Gasteiger charge is 2.52. The van der Waals surface area contributed by atoms with Crippen molar-refractivity contribution in [2.45, 2.75) is 18.8 Å². The number of hydrogen-bond acceptors (Lipinski definition) is 1. The smallest absolute Gasteiger partial charge is 0.337 e. The average molecular weight is 360 g/mol. The fourth-order valence-corrected chi connectivity index (χ4v) is 2.76. The fraction of sp³-hybridized carbons (Fsp3) is 0.500. The van der Waals surface area contributed by atoms with Crippen molar-refractivity contribution in [2.75, 3.05) is 13.1 Å². The Hall–Kier alpha value is -1.44. The molecule has 0 radical (unpaired) electrons. The zero-order valence-corrected chi connectivity index (χ0v) is 12.3. The van der Waals surface area contributed by atoms with Crippen molar-refractivity contribution in [1.29, 1.82) is 0 Å². The van der Waals surface area contributed by atoms with Crippen LogP contribution in [0.2, 0.25) is 5.02 Å². The molecule has 2 atom stereocenters. The summed E-state index contributed by atoms with van der Waals surface area (Å²) >= 11 is 5.80. The number of rotatable bonds is 1. The minimum Gasteiger partial charge on any atom is -0.337 e. The Balaban J connectivity index is 2.29. The molecule has 0 aliphatic carbocycles. The summed E-state index contributed by atoms with van der Waals surface area (Å²) in [7, 11) is 0. The molecule has 0 bridgehead atoms. The van der Waals surface area contributed by atoms with Crippen LogP contribution in [0.25, 0.3) is 0 Å². The first-order valence-electron chi connectivity index (χ1n) is 6.67. The number of halogens is 7. The molecule has 1 aromatic carbocycles. The first-order valence-corrected chi connectivity index (χ1v) is 7.05. The summed E-state index contributed by atoms with van der Waals surface area (Å²) in [6.45, 7) is -1.61. The Morgan fingerprint density at radius 1 is 1.00 bits per heavy atom. The maximum atomic E-state index is 12.9. The molecule has 2 rings (SSSR count). The number of benzene rings is 1. The van der Waals surface area contributed by atoms with E-state index in [2.05, 4.69) is 0 Å². The van der Waals surface area contributed by atoms with E-state index in [9.17, 15) is 31.1 Å². The van der Waals surface area contributed by atoms with Crippen LogP contribution in [0.15, 0.2) is 24.3 Å². The lowest BCUT2D eigenvalue weighted by Crippen LogP contribution is -2.51. The Morgan fingerprint density at radius 2 is 1.48 bits per heavy atom. The van der Waals surface area contributed by atoms with Crippen LogP contribution in [0, 0.1) is 11.8 Å². The summed E-state index contributed by atoms with van der Waals surface area (Å²) in [6, 6.07) is 5.56. The zero-order valence-electron chi connectivity index (χ0n) is 11.6. The minimum atomic E-state index is -4.80. The zero-order chi connectivity index (χ0) is 17.4. The second-order valence-corrected chi connectivity index (χ2v) is 5.81. The predicted octanol–water partition coefficient (Wildman–Crippen LogP) is 4.54. The number of carbonyl (C=O) groups excluding carboxylic acids is 1. The molecular formula is C14H12ClF6NO. The van der Waals surface area contributed by atoms with Crippen molar-refractivity contribution in [3.05, 3.63) is 34.9 Å². The third kappa shape index (κ3) is 4.10. The fourth-order valence-electron chi connectivity index (χ4n) is 2.54. The standard InChI is InChI=1S/C14H12ClF6NO/c15-11-4-2-1-3-10(11)12(23)22-6-8(13(16,17)18)5-9(7-22)14(19,20)21/h1-4,8-9H,5-7H2. The number of amides is 1.